The molecule has 1 N–H and O–H groups in total. The second-order valence-electron chi connectivity index (χ2n) is 7.45. The number of amides is 1. The fourth-order valence-electron chi connectivity index (χ4n) is 3.43. The van der Waals surface area contributed by atoms with Gasteiger partial charge in [-0.25, -0.2) is 0 Å². The van der Waals surface area contributed by atoms with Crippen molar-refractivity contribution >= 4 is 40.9 Å². The van der Waals surface area contributed by atoms with E-state index in [4.69, 9.17) is 4.99 Å². The van der Waals surface area contributed by atoms with Crippen molar-refractivity contribution in [2.75, 3.05) is 18.1 Å². The van der Waals surface area contributed by atoms with Gasteiger partial charge < -0.3 is 10.2 Å². The Morgan fingerprint density at radius 3 is 2.54 bits per heavy atom. The van der Waals surface area contributed by atoms with E-state index in [-0.39, 0.29) is 24.4 Å². The summed E-state index contributed by atoms with van der Waals surface area (Å²) in [6.07, 6.45) is 5.55. The minimum Gasteiger partial charge on any atom is -0.350 e. The van der Waals surface area contributed by atoms with Gasteiger partial charge in [0.25, 0.3) is 0 Å². The van der Waals surface area contributed by atoms with Gasteiger partial charge in [0.2, 0.25) is 5.91 Å². The molecule has 1 atom stereocenters. The van der Waals surface area contributed by atoms with Crippen molar-refractivity contribution < 1.29 is 4.79 Å². The number of nitrogens with one attached hydrogen (secondary N) is 1. The normalized spacial score (nSPS) is 22.1. The highest BCUT2D eigenvalue weighted by molar-refractivity contribution is 8.14. The minimum atomic E-state index is 0. The molecule has 2 aliphatic rings. The Hall–Kier alpha value is -1.20. The Kier molecular flexibility index (Phi) is 7.84. The molecule has 0 spiro atoms. The summed E-state index contributed by atoms with van der Waals surface area (Å²) in [5, 5.41) is 4.15. The fraction of sp³-hybridized carbons (Fsp3) is 0.600. The third-order valence-corrected chi connectivity index (χ3v) is 6.36. The molecule has 2 fully saturated rings. The third kappa shape index (κ3) is 5.40. The van der Waals surface area contributed by atoms with Crippen molar-refractivity contribution in [3.05, 3.63) is 29.8 Å². The number of carbonyl (C=O) groups is 1. The molecule has 1 heterocycles. The first-order valence-electron chi connectivity index (χ1n) is 9.36. The zero-order chi connectivity index (χ0) is 17.8. The first-order chi connectivity index (χ1) is 12.0. The number of halogens is 1. The predicted octanol–water partition coefficient (Wildman–Crippen LogP) is 4.91. The van der Waals surface area contributed by atoms with Crippen LogP contribution in [-0.4, -0.2) is 40.9 Å². The molecule has 1 aliphatic carbocycles. The van der Waals surface area contributed by atoms with E-state index in [1.54, 1.807) is 11.8 Å². The first kappa shape index (κ1) is 21.1. The van der Waals surface area contributed by atoms with Crippen LogP contribution < -0.4 is 5.32 Å². The zero-order valence-electron chi connectivity index (χ0n) is 15.9. The van der Waals surface area contributed by atoms with Crippen LogP contribution >= 0.6 is 24.2 Å². The van der Waals surface area contributed by atoms with E-state index in [1.165, 1.54) is 31.2 Å². The van der Waals surface area contributed by atoms with Crippen molar-refractivity contribution in [1.82, 2.24) is 4.90 Å². The molecule has 1 unspecified atom stereocenters. The van der Waals surface area contributed by atoms with Crippen LogP contribution in [0.15, 0.2) is 29.3 Å². The Morgan fingerprint density at radius 1 is 1.27 bits per heavy atom. The van der Waals surface area contributed by atoms with Gasteiger partial charge in [-0.2, -0.15) is 0 Å². The van der Waals surface area contributed by atoms with E-state index in [2.05, 4.69) is 43.2 Å². The molecule has 26 heavy (non-hydrogen) atoms. The predicted molar refractivity (Wildman–Crippen MR) is 115 cm³/mol. The van der Waals surface area contributed by atoms with Crippen LogP contribution in [0.1, 0.15) is 57.4 Å². The molecule has 0 bridgehead atoms. The topological polar surface area (TPSA) is 44.7 Å². The maximum absolute atomic E-state index is 12.4. The molecule has 0 aromatic heterocycles. The van der Waals surface area contributed by atoms with Crippen LogP contribution in [0, 0.1) is 0 Å². The summed E-state index contributed by atoms with van der Waals surface area (Å²) in [6.45, 7) is 4.35. The molecule has 1 aliphatic heterocycles. The molecule has 1 aromatic rings. The molecule has 3 rings (SSSR count). The van der Waals surface area contributed by atoms with Gasteiger partial charge in [-0.15, -0.1) is 12.4 Å². The zero-order valence-corrected chi connectivity index (χ0v) is 17.5. The summed E-state index contributed by atoms with van der Waals surface area (Å²) in [6, 6.07) is 8.90. The van der Waals surface area contributed by atoms with Crippen molar-refractivity contribution in [3.8, 4) is 0 Å². The highest BCUT2D eigenvalue weighted by Crippen LogP contribution is 2.29. The summed E-state index contributed by atoms with van der Waals surface area (Å²) in [4.78, 5) is 19.5. The van der Waals surface area contributed by atoms with E-state index in [0.717, 1.165) is 16.6 Å². The van der Waals surface area contributed by atoms with Crippen LogP contribution in [0.25, 0.3) is 0 Å². The number of thioether (sulfide) groups is 1. The summed E-state index contributed by atoms with van der Waals surface area (Å²) in [5.74, 6) is 1.53. The average molecular weight is 396 g/mol. The molecule has 1 amide bonds. The van der Waals surface area contributed by atoms with Crippen molar-refractivity contribution in [1.29, 1.82) is 0 Å². The van der Waals surface area contributed by atoms with Gasteiger partial charge in [-0.1, -0.05) is 50.6 Å². The lowest BCUT2D eigenvalue weighted by Gasteiger charge is -2.21. The van der Waals surface area contributed by atoms with Crippen molar-refractivity contribution in [2.24, 2.45) is 4.99 Å². The van der Waals surface area contributed by atoms with Crippen LogP contribution in [0.3, 0.4) is 0 Å². The van der Waals surface area contributed by atoms with Gasteiger partial charge >= 0.3 is 0 Å². The van der Waals surface area contributed by atoms with Gasteiger partial charge in [0.15, 0.2) is 5.17 Å². The largest absolute Gasteiger partial charge is 0.350 e. The van der Waals surface area contributed by atoms with Gasteiger partial charge in [0.05, 0.1) is 6.04 Å². The summed E-state index contributed by atoms with van der Waals surface area (Å²) in [7, 11) is 2.07. The monoisotopic (exact) mass is 395 g/mol. The van der Waals surface area contributed by atoms with Gasteiger partial charge in [-0.05, 0) is 36.5 Å². The quantitative estimate of drug-likeness (QED) is 0.770. The van der Waals surface area contributed by atoms with Crippen molar-refractivity contribution in [3.63, 3.8) is 0 Å². The third-order valence-electron chi connectivity index (χ3n) is 5.15. The van der Waals surface area contributed by atoms with Crippen LogP contribution in [-0.2, 0) is 4.79 Å². The van der Waals surface area contributed by atoms with E-state index in [1.807, 2.05) is 12.1 Å². The molecule has 1 saturated carbocycles. The number of hydrogen-bond donors (Lipinski definition) is 1. The minimum absolute atomic E-state index is 0. The molecule has 0 radical (unpaired) electrons. The van der Waals surface area contributed by atoms with E-state index in [0.29, 0.717) is 18.4 Å². The van der Waals surface area contributed by atoms with Gasteiger partial charge in [0, 0.05) is 31.0 Å². The summed E-state index contributed by atoms with van der Waals surface area (Å²) >= 11 is 1.79. The van der Waals surface area contributed by atoms with E-state index in [9.17, 15) is 4.79 Å². The SMILES string of the molecule is CC(C)c1ccc(NC(=O)CC2CS/C(=N\C3CCCC3)N2C)cc1.Cl. The van der Waals surface area contributed by atoms with Gasteiger partial charge in [-0.3, -0.25) is 9.79 Å². The molecule has 6 heteroatoms. The lowest BCUT2D eigenvalue weighted by Crippen LogP contribution is -2.34. The molecule has 1 aromatic carbocycles. The Labute approximate surface area is 167 Å². The number of hydrogen-bond acceptors (Lipinski definition) is 3. The lowest BCUT2D eigenvalue weighted by atomic mass is 10.0. The molecular formula is C20H30ClN3OS. The molecule has 1 saturated heterocycles. The first-order valence-corrected chi connectivity index (χ1v) is 10.3. The highest BCUT2D eigenvalue weighted by atomic mass is 35.5. The smallest absolute Gasteiger partial charge is 0.226 e. The number of rotatable bonds is 5. The maximum atomic E-state index is 12.4. The number of carbonyl (C=O) groups excluding carboxylic acids is 1. The number of aliphatic imine (C=N–C) groups is 1. The van der Waals surface area contributed by atoms with Crippen molar-refractivity contribution in [2.45, 2.75) is 64.0 Å². The van der Waals surface area contributed by atoms with E-state index >= 15 is 0 Å². The van der Waals surface area contributed by atoms with Crippen LogP contribution in [0.2, 0.25) is 0 Å². The summed E-state index contributed by atoms with van der Waals surface area (Å²) < 4.78 is 0. The lowest BCUT2D eigenvalue weighted by molar-refractivity contribution is -0.116. The number of benzene rings is 1. The Balaban J connectivity index is 0.00000243. The fourth-order valence-corrected chi connectivity index (χ4v) is 4.69. The van der Waals surface area contributed by atoms with E-state index < -0.39 is 0 Å². The molecular weight excluding hydrogens is 366 g/mol. The number of amidine groups is 1. The Morgan fingerprint density at radius 2 is 1.92 bits per heavy atom. The summed E-state index contributed by atoms with van der Waals surface area (Å²) in [5.41, 5.74) is 2.17. The van der Waals surface area contributed by atoms with Crippen LogP contribution in [0.5, 0.6) is 0 Å². The maximum Gasteiger partial charge on any atom is 0.226 e. The van der Waals surface area contributed by atoms with Gasteiger partial charge in [0.1, 0.15) is 0 Å². The Bertz CT molecular complexity index is 626. The number of anilines is 1. The highest BCUT2D eigenvalue weighted by Gasteiger charge is 2.30. The second-order valence-corrected chi connectivity index (χ2v) is 8.44. The second kappa shape index (κ2) is 9.65. The standard InChI is InChI=1S/C20H29N3OS.ClH/c1-14(2)15-8-10-17(11-9-15)21-19(24)12-18-13-25-20(23(18)3)22-16-6-4-5-7-16;/h8-11,14,16,18H,4-7,12-13H2,1-3H3,(H,21,24);1H/b22-20-;. The molecule has 144 valence electrons. The van der Waals surface area contributed by atoms with Crippen LogP contribution in [0.4, 0.5) is 5.69 Å². The molecule has 4 nitrogen and oxygen atoms in total. The average Bonchev–Trinajstić information content (AvgIpc) is 3.21. The number of nitrogens with zero attached hydrogens (tertiary/aromatic N) is 2.